The highest BCUT2D eigenvalue weighted by Gasteiger charge is 2.31. The zero-order chi connectivity index (χ0) is 13.8. The zero-order valence-electron chi connectivity index (χ0n) is 10.00. The number of alkyl halides is 3. The summed E-state index contributed by atoms with van der Waals surface area (Å²) in [5, 5.41) is 0. The second-order valence-electron chi connectivity index (χ2n) is 4.06. The predicted molar refractivity (Wildman–Crippen MR) is 61.7 cm³/mol. The van der Waals surface area contributed by atoms with E-state index in [9.17, 15) is 18.0 Å². The molecule has 6 heteroatoms. The minimum atomic E-state index is -4.37. The fourth-order valence-electron chi connectivity index (χ4n) is 1.46. The van der Waals surface area contributed by atoms with E-state index in [-0.39, 0.29) is 6.42 Å². The van der Waals surface area contributed by atoms with Crippen molar-refractivity contribution in [2.45, 2.75) is 19.1 Å². The standard InChI is InChI=1S/C12H15F3N2O/c1-17(8-12(13,14)15)11(18)6-9-2-4-10(7-16)5-3-9/h2-5H,6-8,16H2,1H3. The molecule has 3 nitrogen and oxygen atoms in total. The molecule has 0 heterocycles. The van der Waals surface area contributed by atoms with Crippen LogP contribution in [0.4, 0.5) is 13.2 Å². The van der Waals surface area contributed by atoms with E-state index in [1.165, 1.54) is 0 Å². The lowest BCUT2D eigenvalue weighted by molar-refractivity contribution is -0.157. The van der Waals surface area contributed by atoms with Crippen molar-refractivity contribution < 1.29 is 18.0 Å². The molecular formula is C12H15F3N2O. The van der Waals surface area contributed by atoms with Crippen LogP contribution in [0.2, 0.25) is 0 Å². The van der Waals surface area contributed by atoms with E-state index in [4.69, 9.17) is 5.73 Å². The minimum Gasteiger partial charge on any atom is -0.336 e. The molecule has 0 atom stereocenters. The molecule has 1 aromatic carbocycles. The van der Waals surface area contributed by atoms with Crippen molar-refractivity contribution in [1.82, 2.24) is 4.90 Å². The summed E-state index contributed by atoms with van der Waals surface area (Å²) in [6.07, 6.45) is -4.41. The third kappa shape index (κ3) is 4.75. The molecule has 0 saturated carbocycles. The minimum absolute atomic E-state index is 0.0442. The fraction of sp³-hybridized carbons (Fsp3) is 0.417. The Kier molecular flexibility index (Phi) is 4.72. The predicted octanol–water partition coefficient (Wildman–Crippen LogP) is 1.71. The van der Waals surface area contributed by atoms with Crippen molar-refractivity contribution in [3.63, 3.8) is 0 Å². The monoisotopic (exact) mass is 260 g/mol. The van der Waals surface area contributed by atoms with E-state index in [1.807, 2.05) is 0 Å². The summed E-state index contributed by atoms with van der Waals surface area (Å²) >= 11 is 0. The van der Waals surface area contributed by atoms with Gasteiger partial charge in [0.25, 0.3) is 0 Å². The molecule has 2 N–H and O–H groups in total. The Bertz CT molecular complexity index is 401. The van der Waals surface area contributed by atoms with Crippen LogP contribution in [-0.4, -0.2) is 30.6 Å². The van der Waals surface area contributed by atoms with Crippen LogP contribution in [0.5, 0.6) is 0 Å². The van der Waals surface area contributed by atoms with Crippen molar-refractivity contribution in [2.24, 2.45) is 5.73 Å². The Morgan fingerprint density at radius 2 is 1.72 bits per heavy atom. The molecule has 1 aromatic rings. The summed E-state index contributed by atoms with van der Waals surface area (Å²) in [5.74, 6) is -0.562. The van der Waals surface area contributed by atoms with Gasteiger partial charge in [-0.25, -0.2) is 0 Å². The maximum atomic E-state index is 12.1. The SMILES string of the molecule is CN(CC(F)(F)F)C(=O)Cc1ccc(CN)cc1. The molecule has 0 aliphatic carbocycles. The Balaban J connectivity index is 2.58. The van der Waals surface area contributed by atoms with Gasteiger partial charge in [0, 0.05) is 13.6 Å². The number of carbonyl (C=O) groups is 1. The van der Waals surface area contributed by atoms with Gasteiger partial charge in [0.15, 0.2) is 0 Å². The van der Waals surface area contributed by atoms with Crippen LogP contribution in [0, 0.1) is 0 Å². The Hall–Kier alpha value is -1.56. The second kappa shape index (κ2) is 5.86. The van der Waals surface area contributed by atoms with E-state index < -0.39 is 18.6 Å². The molecular weight excluding hydrogens is 245 g/mol. The molecule has 0 aliphatic heterocycles. The van der Waals surface area contributed by atoms with Gasteiger partial charge in [0.2, 0.25) is 5.91 Å². The van der Waals surface area contributed by atoms with Gasteiger partial charge in [-0.3, -0.25) is 4.79 Å². The van der Waals surface area contributed by atoms with E-state index >= 15 is 0 Å². The van der Waals surface area contributed by atoms with Crippen molar-refractivity contribution >= 4 is 5.91 Å². The van der Waals surface area contributed by atoms with Crippen LogP contribution in [0.15, 0.2) is 24.3 Å². The fourth-order valence-corrected chi connectivity index (χ4v) is 1.46. The van der Waals surface area contributed by atoms with E-state index in [2.05, 4.69) is 0 Å². The maximum absolute atomic E-state index is 12.1. The van der Waals surface area contributed by atoms with Crippen molar-refractivity contribution in [3.8, 4) is 0 Å². The number of hydrogen-bond acceptors (Lipinski definition) is 2. The highest BCUT2D eigenvalue weighted by Crippen LogP contribution is 2.16. The largest absolute Gasteiger partial charge is 0.406 e. The van der Waals surface area contributed by atoms with E-state index in [0.717, 1.165) is 12.6 Å². The normalized spacial score (nSPS) is 11.4. The summed E-state index contributed by atoms with van der Waals surface area (Å²) in [7, 11) is 1.14. The first-order chi connectivity index (χ1) is 8.31. The summed E-state index contributed by atoms with van der Waals surface area (Å²) in [5.41, 5.74) is 7.00. The van der Waals surface area contributed by atoms with Gasteiger partial charge >= 0.3 is 6.18 Å². The van der Waals surface area contributed by atoms with Crippen LogP contribution < -0.4 is 5.73 Å². The average molecular weight is 260 g/mol. The summed E-state index contributed by atoms with van der Waals surface area (Å²) < 4.78 is 36.3. The van der Waals surface area contributed by atoms with Crippen LogP contribution in [0.25, 0.3) is 0 Å². The van der Waals surface area contributed by atoms with Gasteiger partial charge in [-0.2, -0.15) is 13.2 Å². The summed E-state index contributed by atoms with van der Waals surface area (Å²) in [4.78, 5) is 12.2. The van der Waals surface area contributed by atoms with Gasteiger partial charge in [0.1, 0.15) is 6.54 Å². The van der Waals surface area contributed by atoms with Gasteiger partial charge < -0.3 is 10.6 Å². The molecule has 100 valence electrons. The molecule has 0 radical (unpaired) electrons. The molecule has 1 amide bonds. The van der Waals surface area contributed by atoms with Crippen molar-refractivity contribution in [2.75, 3.05) is 13.6 Å². The van der Waals surface area contributed by atoms with Gasteiger partial charge in [-0.05, 0) is 11.1 Å². The topological polar surface area (TPSA) is 46.3 Å². The summed E-state index contributed by atoms with van der Waals surface area (Å²) in [6.45, 7) is -0.838. The number of nitrogens with zero attached hydrogens (tertiary/aromatic N) is 1. The van der Waals surface area contributed by atoms with Crippen LogP contribution in [0.3, 0.4) is 0 Å². The lowest BCUT2D eigenvalue weighted by atomic mass is 10.1. The van der Waals surface area contributed by atoms with Gasteiger partial charge in [0.05, 0.1) is 6.42 Å². The zero-order valence-corrected chi connectivity index (χ0v) is 10.00. The average Bonchev–Trinajstić information content (AvgIpc) is 2.27. The first-order valence-electron chi connectivity index (χ1n) is 5.40. The Morgan fingerprint density at radius 3 is 2.17 bits per heavy atom. The molecule has 0 aromatic heterocycles. The van der Waals surface area contributed by atoms with E-state index in [0.29, 0.717) is 17.0 Å². The Morgan fingerprint density at radius 1 is 1.22 bits per heavy atom. The first kappa shape index (κ1) is 14.5. The number of benzene rings is 1. The number of carbonyl (C=O) groups excluding carboxylic acids is 1. The molecule has 0 saturated heterocycles. The second-order valence-corrected chi connectivity index (χ2v) is 4.06. The Labute approximate surface area is 103 Å². The van der Waals surface area contributed by atoms with E-state index in [1.54, 1.807) is 24.3 Å². The van der Waals surface area contributed by atoms with Gasteiger partial charge in [-0.1, -0.05) is 24.3 Å². The number of nitrogens with two attached hydrogens (primary N) is 1. The molecule has 0 unspecified atom stereocenters. The lowest BCUT2D eigenvalue weighted by Crippen LogP contribution is -2.36. The molecule has 0 aliphatic rings. The smallest absolute Gasteiger partial charge is 0.336 e. The third-order valence-corrected chi connectivity index (χ3v) is 2.46. The van der Waals surface area contributed by atoms with Crippen molar-refractivity contribution in [1.29, 1.82) is 0 Å². The van der Waals surface area contributed by atoms with Gasteiger partial charge in [-0.15, -0.1) is 0 Å². The molecule has 0 bridgehead atoms. The molecule has 0 fully saturated rings. The molecule has 0 spiro atoms. The first-order valence-corrected chi connectivity index (χ1v) is 5.40. The highest BCUT2D eigenvalue weighted by atomic mass is 19.4. The highest BCUT2D eigenvalue weighted by molar-refractivity contribution is 5.78. The number of halogens is 3. The number of amides is 1. The van der Waals surface area contributed by atoms with Crippen LogP contribution >= 0.6 is 0 Å². The van der Waals surface area contributed by atoms with Crippen molar-refractivity contribution in [3.05, 3.63) is 35.4 Å². The quantitative estimate of drug-likeness (QED) is 0.895. The maximum Gasteiger partial charge on any atom is 0.406 e. The number of hydrogen-bond donors (Lipinski definition) is 1. The van der Waals surface area contributed by atoms with Crippen LogP contribution in [0.1, 0.15) is 11.1 Å². The number of rotatable bonds is 4. The third-order valence-electron chi connectivity index (χ3n) is 2.46. The lowest BCUT2D eigenvalue weighted by Gasteiger charge is -2.18. The molecule has 1 rings (SSSR count). The molecule has 18 heavy (non-hydrogen) atoms. The summed E-state index contributed by atoms with van der Waals surface area (Å²) in [6, 6.07) is 6.90. The van der Waals surface area contributed by atoms with Crippen LogP contribution in [-0.2, 0) is 17.8 Å². The number of likely N-dealkylation sites (N-methyl/N-ethyl adjacent to an activating group) is 1.